The van der Waals surface area contributed by atoms with Crippen LogP contribution in [0, 0.1) is 5.41 Å². The Bertz CT molecular complexity index is 491. The minimum atomic E-state index is -1.23. The summed E-state index contributed by atoms with van der Waals surface area (Å²) >= 11 is 3.26. The van der Waals surface area contributed by atoms with E-state index in [1.54, 1.807) is 18.2 Å². The number of rotatable bonds is 4. The zero-order chi connectivity index (χ0) is 12.6. The van der Waals surface area contributed by atoms with E-state index in [1.165, 1.54) is 7.11 Å². The summed E-state index contributed by atoms with van der Waals surface area (Å²) < 4.78 is 5.81. The highest BCUT2D eigenvalue weighted by Gasteiger charge is 2.57. The van der Waals surface area contributed by atoms with Gasteiger partial charge in [-0.15, -0.1) is 0 Å². The summed E-state index contributed by atoms with van der Waals surface area (Å²) in [5.41, 5.74) is -0.907. The molecule has 1 aliphatic rings. The maximum Gasteiger partial charge on any atom is 0.317 e. The number of halogens is 1. The second kappa shape index (κ2) is 4.14. The van der Waals surface area contributed by atoms with Crippen molar-refractivity contribution >= 4 is 27.7 Å². The summed E-state index contributed by atoms with van der Waals surface area (Å²) in [6.45, 7) is 0. The molecule has 0 unspecified atom stereocenters. The van der Waals surface area contributed by atoms with Crippen molar-refractivity contribution in [1.82, 2.24) is 0 Å². The van der Waals surface area contributed by atoms with Crippen LogP contribution in [0.3, 0.4) is 0 Å². The fourth-order valence-electron chi connectivity index (χ4n) is 1.78. The highest BCUT2D eigenvalue weighted by molar-refractivity contribution is 9.10. The van der Waals surface area contributed by atoms with Gasteiger partial charge in [0.05, 0.1) is 12.7 Å². The van der Waals surface area contributed by atoms with Crippen LogP contribution in [0.2, 0.25) is 0 Å². The van der Waals surface area contributed by atoms with Gasteiger partial charge < -0.3 is 9.84 Å². The molecule has 0 aromatic heterocycles. The topological polar surface area (TPSA) is 63.6 Å². The summed E-state index contributed by atoms with van der Waals surface area (Å²) in [5, 5.41) is 9.10. The van der Waals surface area contributed by atoms with Crippen LogP contribution in [-0.2, 0) is 4.79 Å². The molecule has 0 saturated heterocycles. The molecule has 0 heterocycles. The number of Topliss-reactive ketones (excluding diaryl/α,β-unsaturated/α-hetero) is 1. The molecule has 4 nitrogen and oxygen atoms in total. The van der Waals surface area contributed by atoms with E-state index in [1.807, 2.05) is 0 Å². The van der Waals surface area contributed by atoms with E-state index in [-0.39, 0.29) is 5.78 Å². The third kappa shape index (κ3) is 1.95. The molecule has 1 aliphatic carbocycles. The zero-order valence-corrected chi connectivity index (χ0v) is 10.8. The maximum absolute atomic E-state index is 12.2. The highest BCUT2D eigenvalue weighted by atomic mass is 79.9. The van der Waals surface area contributed by atoms with Crippen molar-refractivity contribution in [2.24, 2.45) is 5.41 Å². The van der Waals surface area contributed by atoms with Crippen LogP contribution in [-0.4, -0.2) is 24.0 Å². The van der Waals surface area contributed by atoms with Gasteiger partial charge in [0.2, 0.25) is 0 Å². The van der Waals surface area contributed by atoms with Gasteiger partial charge in [-0.25, -0.2) is 0 Å². The lowest BCUT2D eigenvalue weighted by Crippen LogP contribution is -2.26. The van der Waals surface area contributed by atoms with Crippen molar-refractivity contribution in [3.8, 4) is 5.75 Å². The lowest BCUT2D eigenvalue weighted by atomic mass is 9.94. The molecule has 0 spiro atoms. The number of ether oxygens (including phenoxy) is 1. The molecule has 0 aliphatic heterocycles. The lowest BCUT2D eigenvalue weighted by Gasteiger charge is -2.12. The van der Waals surface area contributed by atoms with Crippen LogP contribution in [0.1, 0.15) is 23.2 Å². The number of carbonyl (C=O) groups excluding carboxylic acids is 1. The van der Waals surface area contributed by atoms with Crippen LogP contribution in [0.15, 0.2) is 22.7 Å². The number of carbonyl (C=O) groups is 2. The van der Waals surface area contributed by atoms with Crippen LogP contribution in [0.4, 0.5) is 0 Å². The number of methoxy groups -OCH3 is 1. The number of hydrogen-bond donors (Lipinski definition) is 1. The first-order valence-corrected chi connectivity index (χ1v) is 5.92. The van der Waals surface area contributed by atoms with Crippen LogP contribution >= 0.6 is 15.9 Å². The molecule has 1 fully saturated rings. The van der Waals surface area contributed by atoms with Gasteiger partial charge in [-0.2, -0.15) is 0 Å². The molecule has 0 atom stereocenters. The van der Waals surface area contributed by atoms with E-state index in [4.69, 9.17) is 9.84 Å². The molecule has 1 N–H and O–H groups in total. The number of carboxylic acid groups (broad SMARTS) is 1. The Hall–Kier alpha value is -1.36. The summed E-state index contributed by atoms with van der Waals surface area (Å²) in [6.07, 6.45) is 0.799. The first-order valence-electron chi connectivity index (χ1n) is 5.13. The van der Waals surface area contributed by atoms with Gasteiger partial charge in [0, 0.05) is 4.47 Å². The molecule has 1 aromatic carbocycles. The van der Waals surface area contributed by atoms with Gasteiger partial charge in [-0.3, -0.25) is 9.59 Å². The first kappa shape index (κ1) is 12.1. The Morgan fingerprint density at radius 2 is 2.06 bits per heavy atom. The molecule has 2 rings (SSSR count). The molecular formula is C12H11BrO4. The van der Waals surface area contributed by atoms with E-state index in [0.29, 0.717) is 24.2 Å². The third-order valence-corrected chi connectivity index (χ3v) is 3.49. The molecular weight excluding hydrogens is 288 g/mol. The normalized spacial score (nSPS) is 16.4. The van der Waals surface area contributed by atoms with Crippen molar-refractivity contribution < 1.29 is 19.4 Å². The highest BCUT2D eigenvalue weighted by Crippen LogP contribution is 2.49. The minimum Gasteiger partial charge on any atom is -0.496 e. The van der Waals surface area contributed by atoms with Gasteiger partial charge in [-0.1, -0.05) is 15.9 Å². The Morgan fingerprint density at radius 1 is 1.41 bits per heavy atom. The first-order chi connectivity index (χ1) is 8.01. The molecule has 0 radical (unpaired) electrons. The standard InChI is InChI=1S/C12H11BrO4/c1-17-9-3-2-7(13)6-8(9)10(14)12(4-5-12)11(15)16/h2-3,6H,4-5H2,1H3,(H,15,16). The minimum absolute atomic E-state index is 0.321. The Balaban J connectivity index is 2.44. The monoisotopic (exact) mass is 298 g/mol. The van der Waals surface area contributed by atoms with E-state index in [0.717, 1.165) is 4.47 Å². The maximum atomic E-state index is 12.2. The number of benzene rings is 1. The van der Waals surface area contributed by atoms with Gasteiger partial charge in [0.1, 0.15) is 11.2 Å². The summed E-state index contributed by atoms with van der Waals surface area (Å²) in [6, 6.07) is 5.00. The van der Waals surface area contributed by atoms with Crippen molar-refractivity contribution in [2.75, 3.05) is 7.11 Å². The average molecular weight is 299 g/mol. The van der Waals surface area contributed by atoms with Crippen molar-refractivity contribution in [3.63, 3.8) is 0 Å². The predicted molar refractivity (Wildman–Crippen MR) is 64.3 cm³/mol. The summed E-state index contributed by atoms with van der Waals surface area (Å²) in [7, 11) is 1.46. The van der Waals surface area contributed by atoms with Gasteiger partial charge >= 0.3 is 5.97 Å². The second-order valence-electron chi connectivity index (χ2n) is 4.06. The molecule has 90 valence electrons. The zero-order valence-electron chi connectivity index (χ0n) is 9.20. The quantitative estimate of drug-likeness (QED) is 0.685. The largest absolute Gasteiger partial charge is 0.496 e. The van der Waals surface area contributed by atoms with Crippen molar-refractivity contribution in [1.29, 1.82) is 0 Å². The van der Waals surface area contributed by atoms with E-state index in [2.05, 4.69) is 15.9 Å². The molecule has 17 heavy (non-hydrogen) atoms. The molecule has 0 bridgehead atoms. The van der Waals surface area contributed by atoms with Crippen LogP contribution in [0.5, 0.6) is 5.75 Å². The Morgan fingerprint density at radius 3 is 2.53 bits per heavy atom. The van der Waals surface area contributed by atoms with Crippen LogP contribution < -0.4 is 4.74 Å². The fraction of sp³-hybridized carbons (Fsp3) is 0.333. The van der Waals surface area contributed by atoms with Gasteiger partial charge in [-0.05, 0) is 31.0 Å². The van der Waals surface area contributed by atoms with Crippen LogP contribution in [0.25, 0.3) is 0 Å². The number of hydrogen-bond acceptors (Lipinski definition) is 3. The number of ketones is 1. The SMILES string of the molecule is COc1ccc(Br)cc1C(=O)C1(C(=O)O)CC1. The molecule has 0 amide bonds. The summed E-state index contributed by atoms with van der Waals surface area (Å²) in [4.78, 5) is 23.3. The number of carboxylic acids is 1. The van der Waals surface area contributed by atoms with Crippen molar-refractivity contribution in [3.05, 3.63) is 28.2 Å². The smallest absolute Gasteiger partial charge is 0.317 e. The third-order valence-electron chi connectivity index (χ3n) is 3.00. The second-order valence-corrected chi connectivity index (χ2v) is 4.98. The van der Waals surface area contributed by atoms with Gasteiger partial charge in [0.15, 0.2) is 5.78 Å². The molecule has 1 saturated carbocycles. The molecule has 1 aromatic rings. The number of aliphatic carboxylic acids is 1. The Labute approximate surface area is 107 Å². The van der Waals surface area contributed by atoms with E-state index >= 15 is 0 Å². The Kier molecular flexibility index (Phi) is 2.95. The molecule has 5 heteroatoms. The van der Waals surface area contributed by atoms with Gasteiger partial charge in [0.25, 0.3) is 0 Å². The fourth-order valence-corrected chi connectivity index (χ4v) is 2.14. The summed E-state index contributed by atoms with van der Waals surface area (Å²) in [5.74, 6) is -1.02. The van der Waals surface area contributed by atoms with E-state index < -0.39 is 11.4 Å². The predicted octanol–water partition coefficient (Wildman–Crippen LogP) is 2.51. The lowest BCUT2D eigenvalue weighted by molar-refractivity contribution is -0.141. The van der Waals surface area contributed by atoms with E-state index in [9.17, 15) is 9.59 Å². The average Bonchev–Trinajstić information content (AvgIpc) is 3.09. The van der Waals surface area contributed by atoms with Crippen molar-refractivity contribution in [2.45, 2.75) is 12.8 Å².